The van der Waals surface area contributed by atoms with Gasteiger partial charge in [-0.05, 0) is 12.5 Å². The Morgan fingerprint density at radius 2 is 2.17 bits per heavy atom. The molecule has 0 unspecified atom stereocenters. The predicted octanol–water partition coefficient (Wildman–Crippen LogP) is 3.16. The minimum absolute atomic E-state index is 0.872. The van der Waals surface area contributed by atoms with Gasteiger partial charge in [-0.3, -0.25) is 0 Å². The summed E-state index contributed by atoms with van der Waals surface area (Å²) in [5, 5.41) is 1.19. The number of hydrogen-bond donors (Lipinski definition) is 0. The number of rotatable bonds is 2. The zero-order chi connectivity index (χ0) is 8.39. The van der Waals surface area contributed by atoms with Crippen molar-refractivity contribution in [3.05, 3.63) is 48.7 Å². The molecule has 0 saturated heterocycles. The van der Waals surface area contributed by atoms with Crippen LogP contribution in [0.2, 0.25) is 0 Å². The summed E-state index contributed by atoms with van der Waals surface area (Å²) < 4.78 is 5.35. The molecule has 0 aliphatic heterocycles. The largest absolute Gasteiger partial charge is 0.464 e. The molecule has 0 aliphatic carbocycles. The van der Waals surface area contributed by atoms with E-state index in [4.69, 9.17) is 4.42 Å². The summed E-state index contributed by atoms with van der Waals surface area (Å²) in [6.07, 6.45) is 4.56. The number of allylic oxidation sites excluding steroid dienone is 1. The van der Waals surface area contributed by atoms with E-state index in [0.29, 0.717) is 0 Å². The minimum atomic E-state index is 0.872. The lowest BCUT2D eigenvalue weighted by Crippen LogP contribution is -1.74. The van der Waals surface area contributed by atoms with Crippen LogP contribution >= 0.6 is 0 Å². The first kappa shape index (κ1) is 7.17. The highest BCUT2D eigenvalue weighted by molar-refractivity contribution is 5.80. The zero-order valence-corrected chi connectivity index (χ0v) is 6.79. The summed E-state index contributed by atoms with van der Waals surface area (Å²) in [5.74, 6) is 0. The van der Waals surface area contributed by atoms with Crippen molar-refractivity contribution in [3.8, 4) is 0 Å². The van der Waals surface area contributed by atoms with Gasteiger partial charge in [-0.2, -0.15) is 0 Å². The lowest BCUT2D eigenvalue weighted by Gasteiger charge is -1.89. The molecule has 0 spiro atoms. The normalized spacial score (nSPS) is 10.3. The van der Waals surface area contributed by atoms with Crippen molar-refractivity contribution < 1.29 is 4.42 Å². The summed E-state index contributed by atoms with van der Waals surface area (Å²) in [7, 11) is 0. The molecule has 60 valence electrons. The van der Waals surface area contributed by atoms with Crippen LogP contribution in [0.4, 0.5) is 0 Å². The van der Waals surface area contributed by atoms with E-state index in [1.165, 1.54) is 10.9 Å². The maximum atomic E-state index is 5.35. The number of hydrogen-bond acceptors (Lipinski definition) is 1. The fraction of sp³-hybridized carbons (Fsp3) is 0.0909. The minimum Gasteiger partial charge on any atom is -0.464 e. The first-order valence-electron chi connectivity index (χ1n) is 3.98. The smallest absolute Gasteiger partial charge is 0.134 e. The Kier molecular flexibility index (Phi) is 1.71. The third-order valence-electron chi connectivity index (χ3n) is 1.93. The maximum absolute atomic E-state index is 5.35. The van der Waals surface area contributed by atoms with Crippen LogP contribution in [0.3, 0.4) is 0 Å². The van der Waals surface area contributed by atoms with Crippen LogP contribution in [0.5, 0.6) is 0 Å². The Labute approximate surface area is 71.3 Å². The quantitative estimate of drug-likeness (QED) is 0.612. The number of fused-ring (bicyclic) bond motifs is 1. The van der Waals surface area contributed by atoms with Crippen LogP contribution in [-0.2, 0) is 6.42 Å². The fourth-order valence-electron chi connectivity index (χ4n) is 1.35. The number of benzene rings is 1. The molecule has 0 bridgehead atoms. The second kappa shape index (κ2) is 2.86. The Morgan fingerprint density at radius 1 is 1.33 bits per heavy atom. The van der Waals surface area contributed by atoms with Crippen molar-refractivity contribution in [2.24, 2.45) is 0 Å². The van der Waals surface area contributed by atoms with Crippen LogP contribution in [-0.4, -0.2) is 0 Å². The highest BCUT2D eigenvalue weighted by atomic mass is 16.3. The summed E-state index contributed by atoms with van der Waals surface area (Å²) in [6.45, 7) is 3.70. The molecule has 2 rings (SSSR count). The lowest BCUT2D eigenvalue weighted by molar-refractivity contribution is 0.612. The third kappa shape index (κ3) is 1.03. The first-order chi connectivity index (χ1) is 5.92. The van der Waals surface area contributed by atoms with Crippen LogP contribution in [0.15, 0.2) is 47.6 Å². The van der Waals surface area contributed by atoms with E-state index >= 15 is 0 Å². The molecule has 1 nitrogen and oxygen atoms in total. The van der Waals surface area contributed by atoms with Gasteiger partial charge >= 0.3 is 0 Å². The van der Waals surface area contributed by atoms with E-state index in [2.05, 4.69) is 12.6 Å². The van der Waals surface area contributed by atoms with Gasteiger partial charge in [-0.25, -0.2) is 0 Å². The second-order valence-corrected chi connectivity index (χ2v) is 2.75. The van der Waals surface area contributed by atoms with Crippen molar-refractivity contribution in [1.29, 1.82) is 0 Å². The second-order valence-electron chi connectivity index (χ2n) is 2.75. The van der Waals surface area contributed by atoms with Crippen LogP contribution < -0.4 is 0 Å². The van der Waals surface area contributed by atoms with Crippen LogP contribution in [0.25, 0.3) is 11.0 Å². The van der Waals surface area contributed by atoms with E-state index < -0.39 is 0 Å². The molecule has 1 aromatic heterocycles. The Hall–Kier alpha value is -1.50. The van der Waals surface area contributed by atoms with Gasteiger partial charge in [0.2, 0.25) is 0 Å². The molecule has 0 fully saturated rings. The zero-order valence-electron chi connectivity index (χ0n) is 6.79. The van der Waals surface area contributed by atoms with Gasteiger partial charge in [0.15, 0.2) is 0 Å². The van der Waals surface area contributed by atoms with Crippen molar-refractivity contribution in [1.82, 2.24) is 0 Å². The topological polar surface area (TPSA) is 13.1 Å². The fourth-order valence-corrected chi connectivity index (χ4v) is 1.35. The summed E-state index contributed by atoms with van der Waals surface area (Å²) in [6, 6.07) is 8.04. The average molecular weight is 158 g/mol. The van der Waals surface area contributed by atoms with Crippen molar-refractivity contribution in [2.75, 3.05) is 0 Å². The molecule has 1 aromatic carbocycles. The van der Waals surface area contributed by atoms with E-state index in [1.54, 1.807) is 6.26 Å². The van der Waals surface area contributed by atoms with Crippen LogP contribution in [0.1, 0.15) is 5.56 Å². The van der Waals surface area contributed by atoms with Crippen LogP contribution in [0, 0.1) is 0 Å². The third-order valence-corrected chi connectivity index (χ3v) is 1.93. The Morgan fingerprint density at radius 3 is 3.00 bits per heavy atom. The molecular formula is C11H10O. The maximum Gasteiger partial charge on any atom is 0.134 e. The van der Waals surface area contributed by atoms with Gasteiger partial charge in [0, 0.05) is 10.9 Å². The van der Waals surface area contributed by atoms with Gasteiger partial charge in [-0.15, -0.1) is 6.58 Å². The molecule has 0 aliphatic rings. The van der Waals surface area contributed by atoms with Gasteiger partial charge in [0.25, 0.3) is 0 Å². The molecule has 0 saturated carbocycles. The standard InChI is InChI=1S/C11H10O/c1-2-5-9-8-12-11-7-4-3-6-10(9)11/h2-4,6-8H,1,5H2. The Balaban J connectivity index is 2.62. The Bertz CT molecular complexity index is 398. The van der Waals surface area contributed by atoms with E-state index in [1.807, 2.05) is 24.3 Å². The predicted molar refractivity (Wildman–Crippen MR) is 50.1 cm³/mol. The van der Waals surface area contributed by atoms with Crippen molar-refractivity contribution in [3.63, 3.8) is 0 Å². The van der Waals surface area contributed by atoms with Crippen molar-refractivity contribution >= 4 is 11.0 Å². The first-order valence-corrected chi connectivity index (χ1v) is 3.98. The SMILES string of the molecule is C=CCc1coc2ccccc12. The molecule has 0 N–H and O–H groups in total. The summed E-state index contributed by atoms with van der Waals surface area (Å²) in [5.41, 5.74) is 2.16. The summed E-state index contributed by atoms with van der Waals surface area (Å²) in [4.78, 5) is 0. The molecule has 2 aromatic rings. The van der Waals surface area contributed by atoms with E-state index in [-0.39, 0.29) is 0 Å². The highest BCUT2D eigenvalue weighted by Crippen LogP contribution is 2.20. The number of furan rings is 1. The lowest BCUT2D eigenvalue weighted by atomic mass is 10.1. The average Bonchev–Trinajstić information content (AvgIpc) is 2.50. The monoisotopic (exact) mass is 158 g/mol. The molecule has 0 radical (unpaired) electrons. The molecule has 12 heavy (non-hydrogen) atoms. The summed E-state index contributed by atoms with van der Waals surface area (Å²) >= 11 is 0. The van der Waals surface area contributed by atoms with E-state index in [0.717, 1.165) is 12.0 Å². The molecular weight excluding hydrogens is 148 g/mol. The van der Waals surface area contributed by atoms with Gasteiger partial charge < -0.3 is 4.42 Å². The molecule has 0 amide bonds. The number of para-hydroxylation sites is 1. The molecule has 0 atom stereocenters. The van der Waals surface area contributed by atoms with Gasteiger partial charge in [0.1, 0.15) is 5.58 Å². The van der Waals surface area contributed by atoms with Gasteiger partial charge in [-0.1, -0.05) is 24.3 Å². The van der Waals surface area contributed by atoms with Gasteiger partial charge in [0.05, 0.1) is 6.26 Å². The molecule has 1 heterocycles. The van der Waals surface area contributed by atoms with Crippen molar-refractivity contribution in [2.45, 2.75) is 6.42 Å². The van der Waals surface area contributed by atoms with E-state index in [9.17, 15) is 0 Å². The molecule has 1 heteroatoms. The highest BCUT2D eigenvalue weighted by Gasteiger charge is 2.01.